The van der Waals surface area contributed by atoms with Crippen molar-refractivity contribution in [2.45, 2.75) is 32.0 Å². The molecule has 0 aliphatic carbocycles. The number of alkyl halides is 3. The molecule has 3 rings (SSSR count). The van der Waals surface area contributed by atoms with Crippen LogP contribution >= 0.6 is 11.3 Å². The third kappa shape index (κ3) is 2.95. The third-order valence-electron chi connectivity index (χ3n) is 3.89. The summed E-state index contributed by atoms with van der Waals surface area (Å²) in [7, 11) is 0. The fourth-order valence-corrected chi connectivity index (χ4v) is 3.76. The zero-order valence-corrected chi connectivity index (χ0v) is 13.1. The van der Waals surface area contributed by atoms with E-state index in [1.54, 1.807) is 16.2 Å². The van der Waals surface area contributed by atoms with Crippen molar-refractivity contribution in [3.05, 3.63) is 45.7 Å². The predicted octanol–water partition coefficient (Wildman–Crippen LogP) is 3.71. The molecule has 0 saturated carbocycles. The summed E-state index contributed by atoms with van der Waals surface area (Å²) in [4.78, 5) is 22.1. The molecule has 0 N–H and O–H groups in total. The molecule has 0 aromatic carbocycles. The maximum absolute atomic E-state index is 12.6. The van der Waals surface area contributed by atoms with Crippen LogP contribution in [0.5, 0.6) is 0 Å². The van der Waals surface area contributed by atoms with Gasteiger partial charge in [-0.25, -0.2) is 9.97 Å². The molecule has 0 unspecified atom stereocenters. The van der Waals surface area contributed by atoms with E-state index in [0.29, 0.717) is 6.54 Å². The van der Waals surface area contributed by atoms with Gasteiger partial charge < -0.3 is 4.90 Å². The molecular weight excluding hydrogens is 327 g/mol. The van der Waals surface area contributed by atoms with Crippen LogP contribution in [0.15, 0.2) is 23.8 Å². The maximum Gasteiger partial charge on any atom is 0.451 e. The van der Waals surface area contributed by atoms with Crippen molar-refractivity contribution in [1.82, 2.24) is 14.9 Å². The fraction of sp³-hybridized carbons (Fsp3) is 0.400. The van der Waals surface area contributed by atoms with Gasteiger partial charge in [-0.1, -0.05) is 6.92 Å². The van der Waals surface area contributed by atoms with Gasteiger partial charge in [-0.05, 0) is 29.9 Å². The Balaban J connectivity index is 1.86. The quantitative estimate of drug-likeness (QED) is 0.837. The number of halogens is 3. The summed E-state index contributed by atoms with van der Waals surface area (Å²) in [6.45, 7) is 2.53. The van der Waals surface area contributed by atoms with Crippen LogP contribution in [0, 0.1) is 0 Å². The number of amides is 1. The normalized spacial score (nSPS) is 17.9. The lowest BCUT2D eigenvalue weighted by Gasteiger charge is -2.35. The number of thiophene rings is 1. The fourth-order valence-electron chi connectivity index (χ4n) is 2.83. The second-order valence-electron chi connectivity index (χ2n) is 5.26. The summed E-state index contributed by atoms with van der Waals surface area (Å²) in [5, 5.41) is 2.00. The number of rotatable bonds is 2. The first-order valence-corrected chi connectivity index (χ1v) is 8.06. The molecule has 0 fully saturated rings. The molecule has 1 aliphatic heterocycles. The van der Waals surface area contributed by atoms with Gasteiger partial charge in [0.15, 0.2) is 0 Å². The highest BCUT2D eigenvalue weighted by Crippen LogP contribution is 2.36. The summed E-state index contributed by atoms with van der Waals surface area (Å²) >= 11 is 1.67. The minimum absolute atomic E-state index is 0.0557. The van der Waals surface area contributed by atoms with Crippen LogP contribution in [0.3, 0.4) is 0 Å². The van der Waals surface area contributed by atoms with Crippen molar-refractivity contribution in [3.63, 3.8) is 0 Å². The van der Waals surface area contributed by atoms with Crippen LogP contribution in [0.2, 0.25) is 0 Å². The van der Waals surface area contributed by atoms with Crippen molar-refractivity contribution >= 4 is 17.2 Å². The lowest BCUT2D eigenvalue weighted by Crippen LogP contribution is -2.39. The molecule has 0 saturated heterocycles. The number of hydrogen-bond acceptors (Lipinski definition) is 4. The van der Waals surface area contributed by atoms with Crippen LogP contribution in [-0.4, -0.2) is 27.3 Å². The second kappa shape index (κ2) is 5.92. The number of carbonyl (C=O) groups excluding carboxylic acids is 1. The molecule has 1 amide bonds. The van der Waals surface area contributed by atoms with Gasteiger partial charge in [-0.3, -0.25) is 4.79 Å². The van der Waals surface area contributed by atoms with Crippen LogP contribution in [0.1, 0.15) is 46.0 Å². The lowest BCUT2D eigenvalue weighted by molar-refractivity contribution is -0.145. The van der Waals surface area contributed by atoms with E-state index < -0.39 is 12.0 Å². The molecule has 8 heteroatoms. The Morgan fingerprint density at radius 1 is 1.39 bits per heavy atom. The van der Waals surface area contributed by atoms with Crippen molar-refractivity contribution in [2.24, 2.45) is 0 Å². The van der Waals surface area contributed by atoms with E-state index in [1.165, 1.54) is 4.88 Å². The van der Waals surface area contributed by atoms with Gasteiger partial charge in [0.2, 0.25) is 5.82 Å². The molecule has 122 valence electrons. The number of fused-ring (bicyclic) bond motifs is 1. The van der Waals surface area contributed by atoms with Crippen LogP contribution < -0.4 is 0 Å². The van der Waals surface area contributed by atoms with E-state index >= 15 is 0 Å². The van der Waals surface area contributed by atoms with Crippen molar-refractivity contribution in [1.29, 1.82) is 0 Å². The van der Waals surface area contributed by atoms with Gasteiger partial charge in [-0.15, -0.1) is 11.3 Å². The van der Waals surface area contributed by atoms with Gasteiger partial charge >= 0.3 is 6.18 Å². The molecule has 3 heterocycles. The Labute approximate surface area is 135 Å². The highest BCUT2D eigenvalue weighted by atomic mass is 32.1. The number of aromatic nitrogens is 2. The molecule has 0 spiro atoms. The van der Waals surface area contributed by atoms with Gasteiger partial charge in [0.1, 0.15) is 0 Å². The Morgan fingerprint density at radius 3 is 2.70 bits per heavy atom. The molecule has 0 radical (unpaired) electrons. The van der Waals surface area contributed by atoms with E-state index in [-0.39, 0.29) is 17.5 Å². The zero-order chi connectivity index (χ0) is 16.6. The average molecular weight is 341 g/mol. The Kier molecular flexibility index (Phi) is 4.09. The first kappa shape index (κ1) is 15.9. The van der Waals surface area contributed by atoms with E-state index in [1.807, 2.05) is 18.4 Å². The molecule has 2 aromatic rings. The van der Waals surface area contributed by atoms with Crippen molar-refractivity contribution in [3.8, 4) is 0 Å². The molecule has 1 atom stereocenters. The van der Waals surface area contributed by atoms with Crippen molar-refractivity contribution in [2.75, 3.05) is 6.54 Å². The molecule has 0 bridgehead atoms. The second-order valence-corrected chi connectivity index (χ2v) is 6.27. The van der Waals surface area contributed by atoms with E-state index in [4.69, 9.17) is 0 Å². The molecule has 4 nitrogen and oxygen atoms in total. The number of hydrogen-bond donors (Lipinski definition) is 0. The van der Waals surface area contributed by atoms with Gasteiger partial charge in [0.05, 0.1) is 11.6 Å². The highest BCUT2D eigenvalue weighted by molar-refractivity contribution is 7.10. The smallest absolute Gasteiger partial charge is 0.331 e. The predicted molar refractivity (Wildman–Crippen MR) is 79.1 cm³/mol. The zero-order valence-electron chi connectivity index (χ0n) is 12.3. The summed E-state index contributed by atoms with van der Waals surface area (Å²) in [5.74, 6) is -1.57. The molecular formula is C15H14F3N3OS. The van der Waals surface area contributed by atoms with E-state index in [0.717, 1.165) is 30.8 Å². The number of nitrogens with zero attached hydrogens (tertiary/aromatic N) is 3. The first-order valence-electron chi connectivity index (χ1n) is 7.18. The van der Waals surface area contributed by atoms with Crippen LogP contribution in [0.25, 0.3) is 0 Å². The monoisotopic (exact) mass is 341 g/mol. The van der Waals surface area contributed by atoms with Gasteiger partial charge in [-0.2, -0.15) is 13.2 Å². The first-order chi connectivity index (χ1) is 10.9. The Hall–Kier alpha value is -1.96. The summed E-state index contributed by atoms with van der Waals surface area (Å²) in [6, 6.07) is 1.96. The summed E-state index contributed by atoms with van der Waals surface area (Å²) < 4.78 is 37.5. The van der Waals surface area contributed by atoms with Crippen molar-refractivity contribution < 1.29 is 18.0 Å². The van der Waals surface area contributed by atoms with E-state index in [2.05, 4.69) is 9.97 Å². The SMILES string of the molecule is CC[C@@H]1c2ccsc2CCN1C(=O)c1cnc(C(F)(F)F)nc1. The largest absolute Gasteiger partial charge is 0.451 e. The topological polar surface area (TPSA) is 46.1 Å². The molecule has 1 aliphatic rings. The Morgan fingerprint density at radius 2 is 2.09 bits per heavy atom. The minimum Gasteiger partial charge on any atom is -0.331 e. The maximum atomic E-state index is 12.6. The minimum atomic E-state index is -4.61. The van der Waals surface area contributed by atoms with Crippen LogP contribution in [-0.2, 0) is 12.6 Å². The molecule has 2 aromatic heterocycles. The summed E-state index contributed by atoms with van der Waals surface area (Å²) in [5.41, 5.74) is 1.21. The number of carbonyl (C=O) groups is 1. The third-order valence-corrected chi connectivity index (χ3v) is 4.89. The standard InChI is InChI=1S/C15H14F3N3OS/c1-2-11-10-4-6-23-12(10)3-5-21(11)13(22)9-7-19-14(20-8-9)15(16,17)18/h4,6-8,11H,2-3,5H2,1H3/t11-/m1/s1. The van der Waals surface area contributed by atoms with Gasteiger partial charge in [0.25, 0.3) is 5.91 Å². The summed E-state index contributed by atoms with van der Waals surface area (Å²) in [6.07, 6.45) is -1.19. The average Bonchev–Trinajstić information content (AvgIpc) is 3.01. The molecule has 23 heavy (non-hydrogen) atoms. The lowest BCUT2D eigenvalue weighted by atomic mass is 9.97. The van der Waals surface area contributed by atoms with E-state index in [9.17, 15) is 18.0 Å². The highest BCUT2D eigenvalue weighted by Gasteiger charge is 2.35. The van der Waals surface area contributed by atoms with Gasteiger partial charge in [0, 0.05) is 23.8 Å². The van der Waals surface area contributed by atoms with Crippen LogP contribution in [0.4, 0.5) is 13.2 Å². The Bertz CT molecular complexity index is 712.